The van der Waals surface area contributed by atoms with E-state index in [0.717, 1.165) is 23.6 Å². The van der Waals surface area contributed by atoms with Gasteiger partial charge in [-0.15, -0.1) is 0 Å². The van der Waals surface area contributed by atoms with Crippen molar-refractivity contribution in [3.05, 3.63) is 46.8 Å². The number of rotatable bonds is 6. The number of anilines is 1. The molecule has 5 nitrogen and oxygen atoms in total. The monoisotopic (exact) mass is 382 g/mol. The Kier molecular flexibility index (Phi) is 6.89. The van der Waals surface area contributed by atoms with Crippen molar-refractivity contribution in [1.29, 1.82) is 0 Å². The van der Waals surface area contributed by atoms with Gasteiger partial charge in [0.05, 0.1) is 18.2 Å². The molecule has 0 spiro atoms. The molecular formula is C23H34N4O. The van der Waals surface area contributed by atoms with Crippen LogP contribution in [0.3, 0.4) is 0 Å². The lowest BCUT2D eigenvalue weighted by atomic mass is 10.1. The van der Waals surface area contributed by atoms with Crippen LogP contribution in [-0.2, 0) is 17.9 Å². The van der Waals surface area contributed by atoms with Gasteiger partial charge in [0, 0.05) is 17.9 Å². The first-order valence-electron chi connectivity index (χ1n) is 10.6. The second-order valence-electron chi connectivity index (χ2n) is 8.26. The Balaban J connectivity index is 1.53. The van der Waals surface area contributed by atoms with E-state index in [4.69, 9.17) is 0 Å². The maximum Gasteiger partial charge on any atom is 0.229 e. The van der Waals surface area contributed by atoms with Crippen LogP contribution in [0.25, 0.3) is 0 Å². The van der Waals surface area contributed by atoms with E-state index in [-0.39, 0.29) is 11.8 Å². The highest BCUT2D eigenvalue weighted by atomic mass is 16.1. The number of aromatic nitrogens is 2. The highest BCUT2D eigenvalue weighted by molar-refractivity contribution is 5.92. The van der Waals surface area contributed by atoms with E-state index in [1.165, 1.54) is 49.9 Å². The summed E-state index contributed by atoms with van der Waals surface area (Å²) in [4.78, 5) is 15.1. The van der Waals surface area contributed by atoms with E-state index in [1.54, 1.807) is 0 Å². The number of benzene rings is 1. The Morgan fingerprint density at radius 1 is 1.07 bits per heavy atom. The second kappa shape index (κ2) is 9.37. The maximum absolute atomic E-state index is 12.6. The number of amides is 1. The molecule has 1 fully saturated rings. The number of hydrogen-bond acceptors (Lipinski definition) is 3. The molecule has 1 aromatic carbocycles. The quantitative estimate of drug-likeness (QED) is 0.802. The molecule has 1 aromatic heterocycles. The highest BCUT2D eigenvalue weighted by Crippen LogP contribution is 2.17. The molecule has 1 aliphatic heterocycles. The van der Waals surface area contributed by atoms with E-state index in [2.05, 4.69) is 41.3 Å². The first kappa shape index (κ1) is 20.6. The van der Waals surface area contributed by atoms with Crippen LogP contribution in [0.4, 0.5) is 5.69 Å². The molecule has 1 atom stereocenters. The molecule has 1 N–H and O–H groups in total. The standard InChI is InChI=1S/C23H34N4O/c1-17(15-27-20(4)18(2)19(3)25-27)23(28)24-22-11-9-21(10-12-22)16-26-13-7-5-6-8-14-26/h9-12,17H,5-8,13-16H2,1-4H3,(H,24,28). The average molecular weight is 383 g/mol. The van der Waals surface area contributed by atoms with Gasteiger partial charge >= 0.3 is 0 Å². The summed E-state index contributed by atoms with van der Waals surface area (Å²) >= 11 is 0. The van der Waals surface area contributed by atoms with Gasteiger partial charge in [0.1, 0.15) is 0 Å². The molecule has 0 radical (unpaired) electrons. The van der Waals surface area contributed by atoms with Crippen LogP contribution in [0.5, 0.6) is 0 Å². The molecule has 1 aliphatic rings. The fraction of sp³-hybridized carbons (Fsp3) is 0.565. The van der Waals surface area contributed by atoms with Gasteiger partial charge in [-0.05, 0) is 70.0 Å². The van der Waals surface area contributed by atoms with Gasteiger partial charge in [-0.2, -0.15) is 5.10 Å². The zero-order valence-electron chi connectivity index (χ0n) is 17.8. The largest absolute Gasteiger partial charge is 0.326 e. The number of carbonyl (C=O) groups excluding carboxylic acids is 1. The molecule has 0 saturated carbocycles. The SMILES string of the molecule is Cc1nn(CC(C)C(=O)Nc2ccc(CN3CCCCCC3)cc2)c(C)c1C. The lowest BCUT2D eigenvalue weighted by Gasteiger charge is -2.20. The minimum atomic E-state index is -0.144. The molecule has 2 aromatic rings. The Hall–Kier alpha value is -2.14. The summed E-state index contributed by atoms with van der Waals surface area (Å²) in [5, 5.41) is 7.59. The Morgan fingerprint density at radius 2 is 1.71 bits per heavy atom. The smallest absolute Gasteiger partial charge is 0.229 e. The molecule has 0 bridgehead atoms. The van der Waals surface area contributed by atoms with Crippen molar-refractivity contribution in [2.45, 2.75) is 66.5 Å². The zero-order valence-corrected chi connectivity index (χ0v) is 17.8. The topological polar surface area (TPSA) is 50.2 Å². The van der Waals surface area contributed by atoms with Crippen molar-refractivity contribution < 1.29 is 4.79 Å². The zero-order chi connectivity index (χ0) is 20.1. The molecule has 1 unspecified atom stereocenters. The number of nitrogens with one attached hydrogen (secondary N) is 1. The van der Waals surface area contributed by atoms with E-state index >= 15 is 0 Å². The lowest BCUT2D eigenvalue weighted by Crippen LogP contribution is -2.25. The van der Waals surface area contributed by atoms with Gasteiger partial charge in [-0.25, -0.2) is 0 Å². The predicted octanol–water partition coefficient (Wildman–Crippen LogP) is 4.46. The number of carbonyl (C=O) groups is 1. The van der Waals surface area contributed by atoms with Gasteiger partial charge < -0.3 is 5.32 Å². The van der Waals surface area contributed by atoms with Gasteiger partial charge in [0.15, 0.2) is 0 Å². The molecule has 5 heteroatoms. The van der Waals surface area contributed by atoms with Crippen LogP contribution in [0.15, 0.2) is 24.3 Å². The maximum atomic E-state index is 12.6. The minimum Gasteiger partial charge on any atom is -0.326 e. The van der Waals surface area contributed by atoms with E-state index in [0.29, 0.717) is 6.54 Å². The van der Waals surface area contributed by atoms with Gasteiger partial charge in [-0.1, -0.05) is 31.9 Å². The minimum absolute atomic E-state index is 0.0328. The van der Waals surface area contributed by atoms with Crippen LogP contribution < -0.4 is 5.32 Å². The number of nitrogens with zero attached hydrogens (tertiary/aromatic N) is 3. The summed E-state index contributed by atoms with van der Waals surface area (Å²) in [6.45, 7) is 12.1. The van der Waals surface area contributed by atoms with E-state index < -0.39 is 0 Å². The molecular weight excluding hydrogens is 348 g/mol. The highest BCUT2D eigenvalue weighted by Gasteiger charge is 2.17. The van der Waals surface area contributed by atoms with Crippen LogP contribution in [0, 0.1) is 26.7 Å². The average Bonchev–Trinajstić information content (AvgIpc) is 2.88. The van der Waals surface area contributed by atoms with Crippen molar-refractivity contribution in [3.63, 3.8) is 0 Å². The normalized spacial score (nSPS) is 16.6. The lowest BCUT2D eigenvalue weighted by molar-refractivity contribution is -0.119. The summed E-state index contributed by atoms with van der Waals surface area (Å²) in [5.74, 6) is -0.111. The van der Waals surface area contributed by atoms with Crippen LogP contribution >= 0.6 is 0 Å². The summed E-state index contributed by atoms with van der Waals surface area (Å²) in [6.07, 6.45) is 5.33. The number of aryl methyl sites for hydroxylation is 1. The van der Waals surface area contributed by atoms with E-state index in [9.17, 15) is 4.79 Å². The molecule has 2 heterocycles. The van der Waals surface area contributed by atoms with Crippen LogP contribution in [0.2, 0.25) is 0 Å². The van der Waals surface area contributed by atoms with Gasteiger partial charge in [-0.3, -0.25) is 14.4 Å². The molecule has 0 aliphatic carbocycles. The van der Waals surface area contributed by atoms with Crippen molar-refractivity contribution in [2.75, 3.05) is 18.4 Å². The first-order chi connectivity index (χ1) is 13.4. The Labute approximate surface area is 169 Å². The number of likely N-dealkylation sites (tertiary alicyclic amines) is 1. The summed E-state index contributed by atoms with van der Waals surface area (Å²) in [7, 11) is 0. The molecule has 28 heavy (non-hydrogen) atoms. The third-order valence-corrected chi connectivity index (χ3v) is 5.96. The third-order valence-electron chi connectivity index (χ3n) is 5.96. The fourth-order valence-corrected chi connectivity index (χ4v) is 3.82. The second-order valence-corrected chi connectivity index (χ2v) is 8.26. The third kappa shape index (κ3) is 5.22. The van der Waals surface area contributed by atoms with E-state index in [1.807, 2.05) is 30.7 Å². The van der Waals surface area contributed by atoms with Gasteiger partial charge in [0.2, 0.25) is 5.91 Å². The van der Waals surface area contributed by atoms with Crippen molar-refractivity contribution in [3.8, 4) is 0 Å². The molecule has 152 valence electrons. The summed E-state index contributed by atoms with van der Waals surface area (Å²) < 4.78 is 1.94. The molecule has 3 rings (SSSR count). The Morgan fingerprint density at radius 3 is 2.29 bits per heavy atom. The summed E-state index contributed by atoms with van der Waals surface area (Å²) in [5.41, 5.74) is 5.54. The molecule has 1 amide bonds. The van der Waals surface area contributed by atoms with Crippen molar-refractivity contribution in [2.24, 2.45) is 5.92 Å². The fourth-order valence-electron chi connectivity index (χ4n) is 3.82. The Bertz CT molecular complexity index is 786. The van der Waals surface area contributed by atoms with Crippen LogP contribution in [-0.4, -0.2) is 33.7 Å². The van der Waals surface area contributed by atoms with Crippen molar-refractivity contribution >= 4 is 11.6 Å². The van der Waals surface area contributed by atoms with Gasteiger partial charge in [0.25, 0.3) is 0 Å². The predicted molar refractivity (Wildman–Crippen MR) is 114 cm³/mol. The number of hydrogen-bond donors (Lipinski definition) is 1. The molecule has 1 saturated heterocycles. The van der Waals surface area contributed by atoms with Crippen molar-refractivity contribution in [1.82, 2.24) is 14.7 Å². The first-order valence-corrected chi connectivity index (χ1v) is 10.6. The van der Waals surface area contributed by atoms with Crippen LogP contribution in [0.1, 0.15) is 55.1 Å². The summed E-state index contributed by atoms with van der Waals surface area (Å²) in [6, 6.07) is 8.31.